The first kappa shape index (κ1) is 12.8. The van der Waals surface area contributed by atoms with Crippen molar-refractivity contribution in [3.05, 3.63) is 64.1 Å². The summed E-state index contributed by atoms with van der Waals surface area (Å²) in [6.45, 7) is 0.383. The number of nitriles is 1. The standard InChI is InChI=1S/C13H11N3O3/c14-8-13(15-9-12-5-2-6-19-12)10-3-1-4-11(7-10)16(17)18/h1-7,13,15H,9H2. The molecule has 6 nitrogen and oxygen atoms in total. The van der Waals surface area contributed by atoms with Crippen molar-refractivity contribution in [1.29, 1.82) is 5.26 Å². The van der Waals surface area contributed by atoms with Crippen molar-refractivity contribution in [2.24, 2.45) is 0 Å². The Labute approximate surface area is 109 Å². The van der Waals surface area contributed by atoms with Crippen LogP contribution >= 0.6 is 0 Å². The summed E-state index contributed by atoms with van der Waals surface area (Å²) in [4.78, 5) is 10.2. The number of nitrogens with zero attached hydrogens (tertiary/aromatic N) is 2. The van der Waals surface area contributed by atoms with Crippen LogP contribution < -0.4 is 5.32 Å². The Balaban J connectivity index is 2.11. The first-order valence-corrected chi connectivity index (χ1v) is 5.60. The van der Waals surface area contributed by atoms with Crippen molar-refractivity contribution in [3.8, 4) is 6.07 Å². The molecule has 1 aromatic heterocycles. The van der Waals surface area contributed by atoms with Crippen LogP contribution in [0, 0.1) is 21.4 Å². The minimum Gasteiger partial charge on any atom is -0.468 e. The van der Waals surface area contributed by atoms with Gasteiger partial charge in [-0.25, -0.2) is 0 Å². The number of nitro groups is 1. The van der Waals surface area contributed by atoms with E-state index in [0.717, 1.165) is 0 Å². The minimum atomic E-state index is -0.620. The lowest BCUT2D eigenvalue weighted by Gasteiger charge is -2.10. The molecule has 96 valence electrons. The van der Waals surface area contributed by atoms with Gasteiger partial charge in [0, 0.05) is 12.1 Å². The Morgan fingerprint density at radius 3 is 2.89 bits per heavy atom. The Morgan fingerprint density at radius 2 is 2.26 bits per heavy atom. The van der Waals surface area contributed by atoms with Crippen molar-refractivity contribution in [1.82, 2.24) is 5.32 Å². The van der Waals surface area contributed by atoms with Gasteiger partial charge in [0.05, 0.1) is 23.8 Å². The zero-order valence-corrected chi connectivity index (χ0v) is 9.95. The molecule has 2 aromatic rings. The van der Waals surface area contributed by atoms with Crippen molar-refractivity contribution in [3.63, 3.8) is 0 Å². The van der Waals surface area contributed by atoms with Crippen LogP contribution in [0.2, 0.25) is 0 Å². The predicted octanol–water partition coefficient (Wildman–Crippen LogP) is 2.54. The highest BCUT2D eigenvalue weighted by Gasteiger charge is 2.14. The SMILES string of the molecule is N#CC(NCc1ccco1)c1cccc([N+](=O)[O-])c1. The van der Waals surface area contributed by atoms with Gasteiger partial charge in [0.2, 0.25) is 0 Å². The molecule has 0 amide bonds. The highest BCUT2D eigenvalue weighted by Crippen LogP contribution is 2.19. The molecule has 1 N–H and O–H groups in total. The van der Waals surface area contributed by atoms with Gasteiger partial charge >= 0.3 is 0 Å². The first-order valence-electron chi connectivity index (χ1n) is 5.60. The first-order chi connectivity index (χ1) is 9.20. The van der Waals surface area contributed by atoms with Gasteiger partial charge < -0.3 is 4.42 Å². The van der Waals surface area contributed by atoms with Crippen LogP contribution in [0.3, 0.4) is 0 Å². The third kappa shape index (κ3) is 3.18. The van der Waals surface area contributed by atoms with Crippen LogP contribution in [-0.4, -0.2) is 4.92 Å². The number of nitrogens with one attached hydrogen (secondary N) is 1. The van der Waals surface area contributed by atoms with Gasteiger partial charge in [0.15, 0.2) is 0 Å². The summed E-state index contributed by atoms with van der Waals surface area (Å²) in [5.74, 6) is 0.700. The van der Waals surface area contributed by atoms with Gasteiger partial charge in [-0.15, -0.1) is 0 Å². The summed E-state index contributed by atoms with van der Waals surface area (Å²) in [6, 6.07) is 11.0. The number of hydrogen-bond acceptors (Lipinski definition) is 5. The van der Waals surface area contributed by atoms with E-state index in [2.05, 4.69) is 11.4 Å². The summed E-state index contributed by atoms with van der Waals surface area (Å²) in [5.41, 5.74) is 0.529. The number of hydrogen-bond donors (Lipinski definition) is 1. The number of furan rings is 1. The fraction of sp³-hybridized carbons (Fsp3) is 0.154. The molecule has 0 bridgehead atoms. The molecule has 0 aliphatic rings. The molecule has 0 saturated carbocycles. The second kappa shape index (κ2) is 5.80. The van der Waals surface area contributed by atoms with E-state index in [-0.39, 0.29) is 5.69 Å². The number of nitro benzene ring substituents is 1. The lowest BCUT2D eigenvalue weighted by Crippen LogP contribution is -2.19. The second-order valence-corrected chi connectivity index (χ2v) is 3.87. The maximum atomic E-state index is 10.7. The molecule has 0 radical (unpaired) electrons. The predicted molar refractivity (Wildman–Crippen MR) is 67.0 cm³/mol. The van der Waals surface area contributed by atoms with E-state index in [1.807, 2.05) is 0 Å². The molecule has 6 heteroatoms. The van der Waals surface area contributed by atoms with Gasteiger partial charge in [0.1, 0.15) is 11.8 Å². The van der Waals surface area contributed by atoms with Gasteiger partial charge in [0.25, 0.3) is 5.69 Å². The van der Waals surface area contributed by atoms with Crippen molar-refractivity contribution in [2.75, 3.05) is 0 Å². The lowest BCUT2D eigenvalue weighted by molar-refractivity contribution is -0.384. The zero-order chi connectivity index (χ0) is 13.7. The van der Waals surface area contributed by atoms with Crippen LogP contribution in [0.4, 0.5) is 5.69 Å². The third-order valence-electron chi connectivity index (χ3n) is 2.60. The Kier molecular flexibility index (Phi) is 3.90. The average molecular weight is 257 g/mol. The molecule has 19 heavy (non-hydrogen) atoms. The summed E-state index contributed by atoms with van der Waals surface area (Å²) < 4.78 is 5.15. The van der Waals surface area contributed by atoms with Crippen LogP contribution in [0.25, 0.3) is 0 Å². The van der Waals surface area contributed by atoms with E-state index in [0.29, 0.717) is 17.9 Å². The normalized spacial score (nSPS) is 11.7. The molecule has 0 saturated heterocycles. The van der Waals surface area contributed by atoms with Gasteiger partial charge in [-0.3, -0.25) is 15.4 Å². The molecule has 0 spiro atoms. The summed E-state index contributed by atoms with van der Waals surface area (Å²) in [5, 5.41) is 22.8. The van der Waals surface area contributed by atoms with E-state index < -0.39 is 11.0 Å². The Bertz CT molecular complexity index is 602. The number of non-ortho nitro benzene ring substituents is 1. The van der Waals surface area contributed by atoms with Crippen molar-refractivity contribution >= 4 is 5.69 Å². The molecule has 1 aromatic carbocycles. The largest absolute Gasteiger partial charge is 0.468 e. The van der Waals surface area contributed by atoms with Crippen LogP contribution in [0.5, 0.6) is 0 Å². The fourth-order valence-electron chi connectivity index (χ4n) is 1.67. The molecule has 1 heterocycles. The molecule has 0 aliphatic heterocycles. The summed E-state index contributed by atoms with van der Waals surface area (Å²) in [6.07, 6.45) is 1.55. The molecule has 0 fully saturated rings. The smallest absolute Gasteiger partial charge is 0.269 e. The average Bonchev–Trinajstić information content (AvgIpc) is 2.93. The quantitative estimate of drug-likeness (QED) is 0.656. The van der Waals surface area contributed by atoms with Crippen LogP contribution in [0.15, 0.2) is 47.1 Å². The van der Waals surface area contributed by atoms with Crippen molar-refractivity contribution < 1.29 is 9.34 Å². The second-order valence-electron chi connectivity index (χ2n) is 3.87. The maximum absolute atomic E-state index is 10.7. The highest BCUT2D eigenvalue weighted by atomic mass is 16.6. The molecular formula is C13H11N3O3. The summed E-state index contributed by atoms with van der Waals surface area (Å²) >= 11 is 0. The molecule has 0 aliphatic carbocycles. The topological polar surface area (TPSA) is 92.1 Å². The van der Waals surface area contributed by atoms with Crippen molar-refractivity contribution in [2.45, 2.75) is 12.6 Å². The number of benzene rings is 1. The number of rotatable bonds is 5. The summed E-state index contributed by atoms with van der Waals surface area (Å²) in [7, 11) is 0. The molecule has 2 rings (SSSR count). The molecule has 1 unspecified atom stereocenters. The lowest BCUT2D eigenvalue weighted by atomic mass is 10.1. The Hall–Kier alpha value is -2.65. The Morgan fingerprint density at radius 1 is 1.42 bits per heavy atom. The highest BCUT2D eigenvalue weighted by molar-refractivity contribution is 5.37. The van der Waals surface area contributed by atoms with E-state index in [4.69, 9.17) is 9.68 Å². The fourth-order valence-corrected chi connectivity index (χ4v) is 1.67. The van der Waals surface area contributed by atoms with E-state index in [1.165, 1.54) is 12.1 Å². The van der Waals surface area contributed by atoms with Gasteiger partial charge in [-0.2, -0.15) is 5.26 Å². The van der Waals surface area contributed by atoms with E-state index in [9.17, 15) is 10.1 Å². The zero-order valence-electron chi connectivity index (χ0n) is 9.95. The monoisotopic (exact) mass is 257 g/mol. The van der Waals surface area contributed by atoms with Crippen LogP contribution in [0.1, 0.15) is 17.4 Å². The van der Waals surface area contributed by atoms with E-state index in [1.54, 1.807) is 30.5 Å². The van der Waals surface area contributed by atoms with Gasteiger partial charge in [-0.1, -0.05) is 12.1 Å². The van der Waals surface area contributed by atoms with Gasteiger partial charge in [-0.05, 0) is 17.7 Å². The molecular weight excluding hydrogens is 246 g/mol. The minimum absolute atomic E-state index is 0.0300. The molecule has 1 atom stereocenters. The third-order valence-corrected chi connectivity index (χ3v) is 2.60. The van der Waals surface area contributed by atoms with E-state index >= 15 is 0 Å². The van der Waals surface area contributed by atoms with Crippen LogP contribution in [-0.2, 0) is 6.54 Å². The maximum Gasteiger partial charge on any atom is 0.269 e.